The van der Waals surface area contributed by atoms with E-state index in [0.29, 0.717) is 18.8 Å². The number of hydrogen-bond acceptors (Lipinski definition) is 3. The Labute approximate surface area is 142 Å². The highest BCUT2D eigenvalue weighted by Gasteiger charge is 2.10. The predicted octanol–water partition coefficient (Wildman–Crippen LogP) is 4.44. The van der Waals surface area contributed by atoms with Crippen LogP contribution in [-0.4, -0.2) is 5.11 Å². The van der Waals surface area contributed by atoms with E-state index in [1.165, 1.54) is 5.56 Å². The van der Waals surface area contributed by atoms with Crippen LogP contribution in [0.3, 0.4) is 0 Å². The quantitative estimate of drug-likeness (QED) is 0.652. The molecule has 0 atom stereocenters. The third-order valence-electron chi connectivity index (χ3n) is 4.11. The van der Waals surface area contributed by atoms with E-state index >= 15 is 0 Å². The van der Waals surface area contributed by atoms with Crippen LogP contribution < -0.4 is 11.1 Å². The van der Waals surface area contributed by atoms with Gasteiger partial charge in [-0.05, 0) is 41.8 Å². The molecular weight excluding hydrogens is 296 g/mol. The van der Waals surface area contributed by atoms with Crippen LogP contribution in [0.4, 0.5) is 5.69 Å². The van der Waals surface area contributed by atoms with Crippen molar-refractivity contribution in [1.82, 2.24) is 0 Å². The van der Waals surface area contributed by atoms with Crippen LogP contribution in [-0.2, 0) is 13.1 Å². The fraction of sp³-hybridized carbons (Fsp3) is 0.143. The van der Waals surface area contributed by atoms with Crippen molar-refractivity contribution in [1.29, 1.82) is 0 Å². The first-order valence-electron chi connectivity index (χ1n) is 8.08. The van der Waals surface area contributed by atoms with Gasteiger partial charge in [0.1, 0.15) is 5.75 Å². The number of anilines is 1. The average molecular weight is 318 g/mol. The van der Waals surface area contributed by atoms with Crippen LogP contribution >= 0.6 is 0 Å². The maximum absolute atomic E-state index is 10.3. The number of aromatic hydroxyl groups is 1. The topological polar surface area (TPSA) is 58.3 Å². The fourth-order valence-corrected chi connectivity index (χ4v) is 2.84. The maximum atomic E-state index is 10.3. The molecule has 122 valence electrons. The number of aryl methyl sites for hydroxylation is 1. The Morgan fingerprint density at radius 3 is 2.54 bits per heavy atom. The summed E-state index contributed by atoms with van der Waals surface area (Å²) in [5.41, 5.74) is 12.0. The van der Waals surface area contributed by atoms with Crippen molar-refractivity contribution in [3.8, 4) is 16.9 Å². The highest BCUT2D eigenvalue weighted by molar-refractivity contribution is 5.71. The van der Waals surface area contributed by atoms with E-state index < -0.39 is 0 Å². The van der Waals surface area contributed by atoms with Crippen molar-refractivity contribution in [2.75, 3.05) is 5.32 Å². The lowest BCUT2D eigenvalue weighted by Crippen LogP contribution is -2.03. The Bertz CT molecular complexity index is 843. The Balaban J connectivity index is 1.90. The van der Waals surface area contributed by atoms with Gasteiger partial charge in [-0.3, -0.25) is 0 Å². The van der Waals surface area contributed by atoms with Crippen molar-refractivity contribution in [3.05, 3.63) is 83.4 Å². The summed E-state index contributed by atoms with van der Waals surface area (Å²) in [7, 11) is 0. The van der Waals surface area contributed by atoms with E-state index in [2.05, 4.69) is 30.4 Å². The average Bonchev–Trinajstić information content (AvgIpc) is 2.60. The first kappa shape index (κ1) is 16.1. The molecule has 0 aromatic heterocycles. The number of rotatable bonds is 5. The molecule has 3 aromatic carbocycles. The number of phenols is 1. The molecule has 3 heteroatoms. The number of phenolic OH excluding ortho intramolecular Hbond substituents is 1. The molecule has 0 saturated heterocycles. The summed E-state index contributed by atoms with van der Waals surface area (Å²) in [5.74, 6) is 0.302. The lowest BCUT2D eigenvalue weighted by atomic mass is 9.97. The summed E-state index contributed by atoms with van der Waals surface area (Å²) in [6.07, 6.45) is 0. The number of nitrogens with two attached hydrogens (primary N) is 1. The number of nitrogens with one attached hydrogen (secondary N) is 1. The highest BCUT2D eigenvalue weighted by atomic mass is 16.3. The molecule has 0 spiro atoms. The van der Waals surface area contributed by atoms with Gasteiger partial charge in [0.05, 0.1) is 0 Å². The number of hydrogen-bond donors (Lipinski definition) is 3. The second-order valence-corrected chi connectivity index (χ2v) is 5.93. The van der Waals surface area contributed by atoms with Crippen LogP contribution in [0.5, 0.6) is 5.75 Å². The van der Waals surface area contributed by atoms with E-state index in [1.807, 2.05) is 42.5 Å². The lowest BCUT2D eigenvalue weighted by Gasteiger charge is -2.14. The first-order valence-corrected chi connectivity index (χ1v) is 8.08. The Morgan fingerprint density at radius 1 is 0.958 bits per heavy atom. The summed E-state index contributed by atoms with van der Waals surface area (Å²) < 4.78 is 0. The van der Waals surface area contributed by atoms with E-state index in [-0.39, 0.29) is 0 Å². The summed E-state index contributed by atoms with van der Waals surface area (Å²) in [6.45, 7) is 3.13. The zero-order chi connectivity index (χ0) is 16.9. The standard InChI is InChI=1S/C21H22N2O/c1-15-5-2-7-17(11-15)19-9-4-10-21(24)20(19)14-23-18-8-3-6-16(12-18)13-22/h2-12,23-24H,13-14,22H2,1H3. The molecule has 0 aliphatic rings. The maximum Gasteiger partial charge on any atom is 0.121 e. The van der Waals surface area contributed by atoms with E-state index in [4.69, 9.17) is 5.73 Å². The lowest BCUT2D eigenvalue weighted by molar-refractivity contribution is 0.469. The van der Waals surface area contributed by atoms with Crippen LogP contribution in [0.15, 0.2) is 66.7 Å². The largest absolute Gasteiger partial charge is 0.508 e. The first-order chi connectivity index (χ1) is 11.7. The minimum Gasteiger partial charge on any atom is -0.508 e. The molecule has 0 saturated carbocycles. The van der Waals surface area contributed by atoms with Crippen LogP contribution in [0.1, 0.15) is 16.7 Å². The van der Waals surface area contributed by atoms with Gasteiger partial charge in [0.15, 0.2) is 0 Å². The molecule has 4 N–H and O–H groups in total. The van der Waals surface area contributed by atoms with Crippen molar-refractivity contribution in [2.45, 2.75) is 20.0 Å². The molecule has 0 unspecified atom stereocenters. The Morgan fingerprint density at radius 2 is 1.75 bits per heavy atom. The summed E-state index contributed by atoms with van der Waals surface area (Å²) in [4.78, 5) is 0. The SMILES string of the molecule is Cc1cccc(-c2cccc(O)c2CNc2cccc(CN)c2)c1. The van der Waals surface area contributed by atoms with Gasteiger partial charge >= 0.3 is 0 Å². The number of benzene rings is 3. The molecule has 3 nitrogen and oxygen atoms in total. The van der Waals surface area contributed by atoms with E-state index in [9.17, 15) is 5.11 Å². The second-order valence-electron chi connectivity index (χ2n) is 5.93. The van der Waals surface area contributed by atoms with Gasteiger partial charge in [0.25, 0.3) is 0 Å². The molecule has 0 bridgehead atoms. The molecular formula is C21H22N2O. The Hall–Kier alpha value is -2.78. The third-order valence-corrected chi connectivity index (χ3v) is 4.11. The zero-order valence-electron chi connectivity index (χ0n) is 13.8. The van der Waals surface area contributed by atoms with Crippen molar-refractivity contribution >= 4 is 5.69 Å². The summed E-state index contributed by atoms with van der Waals surface area (Å²) >= 11 is 0. The zero-order valence-corrected chi connectivity index (χ0v) is 13.8. The fourth-order valence-electron chi connectivity index (χ4n) is 2.84. The third kappa shape index (κ3) is 3.58. The summed E-state index contributed by atoms with van der Waals surface area (Å²) in [6, 6.07) is 22.0. The predicted molar refractivity (Wildman–Crippen MR) is 99.9 cm³/mol. The minimum absolute atomic E-state index is 0.302. The molecule has 0 fully saturated rings. The van der Waals surface area contributed by atoms with Crippen molar-refractivity contribution in [3.63, 3.8) is 0 Å². The molecule has 3 aromatic rings. The van der Waals surface area contributed by atoms with Gasteiger partial charge in [-0.15, -0.1) is 0 Å². The molecule has 0 aliphatic heterocycles. The molecule has 0 radical (unpaired) electrons. The minimum atomic E-state index is 0.302. The van der Waals surface area contributed by atoms with Crippen LogP contribution in [0.2, 0.25) is 0 Å². The molecule has 0 heterocycles. The van der Waals surface area contributed by atoms with Gasteiger partial charge in [-0.25, -0.2) is 0 Å². The smallest absolute Gasteiger partial charge is 0.121 e. The van der Waals surface area contributed by atoms with Crippen LogP contribution in [0.25, 0.3) is 11.1 Å². The van der Waals surface area contributed by atoms with E-state index in [1.54, 1.807) is 6.07 Å². The van der Waals surface area contributed by atoms with Gasteiger partial charge in [-0.2, -0.15) is 0 Å². The molecule has 3 rings (SSSR count). The Kier molecular flexibility index (Phi) is 4.82. The van der Waals surface area contributed by atoms with Gasteiger partial charge in [-0.1, -0.05) is 54.1 Å². The molecule has 0 amide bonds. The monoisotopic (exact) mass is 318 g/mol. The van der Waals surface area contributed by atoms with Gasteiger partial charge in [0.2, 0.25) is 0 Å². The molecule has 0 aliphatic carbocycles. The van der Waals surface area contributed by atoms with Crippen molar-refractivity contribution < 1.29 is 5.11 Å². The van der Waals surface area contributed by atoms with Crippen molar-refractivity contribution in [2.24, 2.45) is 5.73 Å². The molecule has 24 heavy (non-hydrogen) atoms. The normalized spacial score (nSPS) is 10.6. The van der Waals surface area contributed by atoms with E-state index in [0.717, 1.165) is 27.9 Å². The van der Waals surface area contributed by atoms with Gasteiger partial charge < -0.3 is 16.2 Å². The highest BCUT2D eigenvalue weighted by Crippen LogP contribution is 2.31. The summed E-state index contributed by atoms with van der Waals surface area (Å²) in [5, 5.41) is 13.7. The van der Waals surface area contributed by atoms with Gasteiger partial charge in [0, 0.05) is 24.3 Å². The van der Waals surface area contributed by atoms with Crippen LogP contribution in [0, 0.1) is 6.92 Å². The second kappa shape index (κ2) is 7.20.